The lowest BCUT2D eigenvalue weighted by Gasteiger charge is -2.17. The van der Waals surface area contributed by atoms with Gasteiger partial charge < -0.3 is 24.8 Å². The lowest BCUT2D eigenvalue weighted by molar-refractivity contribution is -0.113. The summed E-state index contributed by atoms with van der Waals surface area (Å²) in [5.74, 6) is 1.18. The first-order valence-corrected chi connectivity index (χ1v) is 16.1. The van der Waals surface area contributed by atoms with Crippen molar-refractivity contribution in [2.75, 3.05) is 30.9 Å². The maximum absolute atomic E-state index is 13.4. The standard InChI is InChI=1S/C32H35Cl2N5O5S/c1-6-42-26-14-21(15-27(43-7-2)30(26)44-8-3)31(41)35-17-28-37-38-32(39(28)22-11-12-23(33)24(34)16-22)45-18-29(40)36-25-13-19(4)9-10-20(25)5/h9-16H,6-8,17-18H2,1-5H3,(H,35,41)(H,36,40). The molecule has 0 unspecified atom stereocenters. The van der Waals surface area contributed by atoms with Gasteiger partial charge in [0.25, 0.3) is 5.91 Å². The number of aromatic nitrogens is 3. The number of carbonyl (C=O) groups is 2. The van der Waals surface area contributed by atoms with Gasteiger partial charge in [-0.2, -0.15) is 0 Å². The second kappa shape index (κ2) is 15.9. The number of thioether (sulfide) groups is 1. The Balaban J connectivity index is 1.58. The average molecular weight is 673 g/mol. The van der Waals surface area contributed by atoms with Crippen molar-refractivity contribution in [3.05, 3.63) is 81.1 Å². The van der Waals surface area contributed by atoms with Crippen LogP contribution in [0, 0.1) is 13.8 Å². The van der Waals surface area contributed by atoms with Crippen molar-refractivity contribution >= 4 is 52.5 Å². The van der Waals surface area contributed by atoms with Crippen LogP contribution in [-0.4, -0.2) is 52.2 Å². The minimum atomic E-state index is -0.384. The highest BCUT2D eigenvalue weighted by Crippen LogP contribution is 2.39. The summed E-state index contributed by atoms with van der Waals surface area (Å²) < 4.78 is 19.0. The highest BCUT2D eigenvalue weighted by Gasteiger charge is 2.21. The third-order valence-corrected chi connectivity index (χ3v) is 8.11. The van der Waals surface area contributed by atoms with Gasteiger partial charge in [0, 0.05) is 11.3 Å². The lowest BCUT2D eigenvalue weighted by atomic mass is 10.1. The Hall–Kier alpha value is -3.93. The number of ether oxygens (including phenoxy) is 3. The number of rotatable bonds is 14. The molecule has 1 aromatic heterocycles. The monoisotopic (exact) mass is 671 g/mol. The number of benzene rings is 3. The van der Waals surface area contributed by atoms with Crippen LogP contribution >= 0.6 is 35.0 Å². The molecule has 238 valence electrons. The molecule has 4 aromatic rings. The molecule has 2 N–H and O–H groups in total. The third kappa shape index (κ3) is 8.62. The van der Waals surface area contributed by atoms with Crippen molar-refractivity contribution < 1.29 is 23.8 Å². The number of nitrogens with one attached hydrogen (secondary N) is 2. The van der Waals surface area contributed by atoms with Gasteiger partial charge in [0.15, 0.2) is 22.5 Å². The minimum absolute atomic E-state index is 0.0163. The molecule has 0 atom stereocenters. The summed E-state index contributed by atoms with van der Waals surface area (Å²) in [6, 6.07) is 14.2. The zero-order valence-electron chi connectivity index (χ0n) is 25.7. The van der Waals surface area contributed by atoms with E-state index in [0.717, 1.165) is 16.8 Å². The van der Waals surface area contributed by atoms with E-state index < -0.39 is 0 Å². The summed E-state index contributed by atoms with van der Waals surface area (Å²) in [5.41, 5.74) is 3.70. The number of hydrogen-bond donors (Lipinski definition) is 2. The van der Waals surface area contributed by atoms with Gasteiger partial charge in [-0.25, -0.2) is 0 Å². The molecule has 4 rings (SSSR count). The molecule has 0 aliphatic heterocycles. The molecular weight excluding hydrogens is 637 g/mol. The molecule has 0 aliphatic carbocycles. The van der Waals surface area contributed by atoms with Crippen LogP contribution in [0.5, 0.6) is 17.2 Å². The van der Waals surface area contributed by atoms with Crippen LogP contribution in [0.2, 0.25) is 10.0 Å². The van der Waals surface area contributed by atoms with Crippen LogP contribution in [-0.2, 0) is 11.3 Å². The first-order chi connectivity index (χ1) is 21.6. The number of aryl methyl sites for hydroxylation is 2. The Labute approximate surface area is 276 Å². The average Bonchev–Trinajstić information content (AvgIpc) is 3.42. The molecule has 0 saturated carbocycles. The van der Waals surface area contributed by atoms with E-state index in [2.05, 4.69) is 20.8 Å². The summed E-state index contributed by atoms with van der Waals surface area (Å²) in [6.07, 6.45) is 0. The Morgan fingerprint density at radius 1 is 0.867 bits per heavy atom. The highest BCUT2D eigenvalue weighted by atomic mass is 35.5. The predicted octanol–water partition coefficient (Wildman–Crippen LogP) is 7.05. The lowest BCUT2D eigenvalue weighted by Crippen LogP contribution is -2.25. The van der Waals surface area contributed by atoms with Crippen LogP contribution in [0.1, 0.15) is 48.1 Å². The maximum Gasteiger partial charge on any atom is 0.251 e. The fraction of sp³-hybridized carbons (Fsp3) is 0.312. The zero-order valence-corrected chi connectivity index (χ0v) is 28.0. The summed E-state index contributed by atoms with van der Waals surface area (Å²) in [7, 11) is 0. The number of amides is 2. The van der Waals surface area contributed by atoms with E-state index in [1.807, 2.05) is 52.8 Å². The van der Waals surface area contributed by atoms with Crippen molar-refractivity contribution in [3.63, 3.8) is 0 Å². The van der Waals surface area contributed by atoms with E-state index in [-0.39, 0.29) is 24.1 Å². The summed E-state index contributed by atoms with van der Waals surface area (Å²) >= 11 is 13.7. The molecule has 10 nitrogen and oxygen atoms in total. The van der Waals surface area contributed by atoms with Gasteiger partial charge in [-0.3, -0.25) is 14.2 Å². The van der Waals surface area contributed by atoms with E-state index in [1.165, 1.54) is 11.8 Å². The molecule has 0 spiro atoms. The number of anilines is 1. The Bertz CT molecular complexity index is 1650. The molecule has 45 heavy (non-hydrogen) atoms. The molecule has 0 saturated heterocycles. The van der Waals surface area contributed by atoms with Gasteiger partial charge >= 0.3 is 0 Å². The third-order valence-electron chi connectivity index (χ3n) is 6.44. The fourth-order valence-corrected chi connectivity index (χ4v) is 5.42. The highest BCUT2D eigenvalue weighted by molar-refractivity contribution is 7.99. The SMILES string of the molecule is CCOc1cc(C(=O)NCc2nnc(SCC(=O)Nc3cc(C)ccc3C)n2-c2ccc(Cl)c(Cl)c2)cc(OCC)c1OCC. The van der Waals surface area contributed by atoms with Crippen molar-refractivity contribution in [1.82, 2.24) is 20.1 Å². The second-order valence-electron chi connectivity index (χ2n) is 9.77. The number of carbonyl (C=O) groups excluding carboxylic acids is 2. The molecule has 3 aromatic carbocycles. The Morgan fingerprint density at radius 2 is 1.56 bits per heavy atom. The van der Waals surface area contributed by atoms with Crippen molar-refractivity contribution in [2.45, 2.75) is 46.3 Å². The van der Waals surface area contributed by atoms with Crippen LogP contribution in [0.15, 0.2) is 53.7 Å². The summed E-state index contributed by atoms with van der Waals surface area (Å²) in [6.45, 7) is 10.6. The van der Waals surface area contributed by atoms with Gasteiger partial charge in [0.1, 0.15) is 0 Å². The normalized spacial score (nSPS) is 10.8. The first-order valence-electron chi connectivity index (χ1n) is 14.4. The Morgan fingerprint density at radius 3 is 2.20 bits per heavy atom. The largest absolute Gasteiger partial charge is 0.490 e. The van der Waals surface area contributed by atoms with Gasteiger partial charge in [-0.05, 0) is 82.1 Å². The summed E-state index contributed by atoms with van der Waals surface area (Å²) in [5, 5.41) is 15.7. The molecule has 0 fully saturated rings. The molecule has 0 bridgehead atoms. The maximum atomic E-state index is 13.4. The minimum Gasteiger partial charge on any atom is -0.490 e. The van der Waals surface area contributed by atoms with Crippen LogP contribution < -0.4 is 24.8 Å². The molecule has 1 heterocycles. The van der Waals surface area contributed by atoms with Gasteiger partial charge in [-0.1, -0.05) is 47.1 Å². The molecule has 13 heteroatoms. The molecule has 0 radical (unpaired) electrons. The number of halogens is 2. The Kier molecular flexibility index (Phi) is 12.0. The summed E-state index contributed by atoms with van der Waals surface area (Å²) in [4.78, 5) is 26.2. The van der Waals surface area contributed by atoms with Crippen LogP contribution in [0.4, 0.5) is 5.69 Å². The van der Waals surface area contributed by atoms with Crippen molar-refractivity contribution in [2.24, 2.45) is 0 Å². The van der Waals surface area contributed by atoms with Gasteiger partial charge in [0.2, 0.25) is 11.7 Å². The number of nitrogens with zero attached hydrogens (tertiary/aromatic N) is 3. The van der Waals surface area contributed by atoms with Crippen LogP contribution in [0.3, 0.4) is 0 Å². The fourth-order valence-electron chi connectivity index (χ4n) is 4.36. The van der Waals surface area contributed by atoms with E-state index in [9.17, 15) is 9.59 Å². The van der Waals surface area contributed by atoms with Crippen molar-refractivity contribution in [1.29, 1.82) is 0 Å². The molecule has 2 amide bonds. The predicted molar refractivity (Wildman–Crippen MR) is 178 cm³/mol. The van der Waals surface area contributed by atoms with E-state index in [0.29, 0.717) is 69.3 Å². The van der Waals surface area contributed by atoms with E-state index in [4.69, 9.17) is 37.4 Å². The first kappa shape index (κ1) is 34.0. The molecule has 0 aliphatic rings. The second-order valence-corrected chi connectivity index (χ2v) is 11.5. The molecular formula is C32H35Cl2N5O5S. The number of hydrogen-bond acceptors (Lipinski definition) is 8. The van der Waals surface area contributed by atoms with Crippen molar-refractivity contribution in [3.8, 4) is 22.9 Å². The smallest absolute Gasteiger partial charge is 0.251 e. The van der Waals surface area contributed by atoms with E-state index >= 15 is 0 Å². The zero-order chi connectivity index (χ0) is 32.5. The van der Waals surface area contributed by atoms with Crippen LogP contribution in [0.25, 0.3) is 5.69 Å². The van der Waals surface area contributed by atoms with Gasteiger partial charge in [-0.15, -0.1) is 10.2 Å². The quantitative estimate of drug-likeness (QED) is 0.137. The van der Waals surface area contributed by atoms with E-state index in [1.54, 1.807) is 34.9 Å². The van der Waals surface area contributed by atoms with Gasteiger partial charge in [0.05, 0.1) is 47.9 Å². The topological polar surface area (TPSA) is 117 Å².